The summed E-state index contributed by atoms with van der Waals surface area (Å²) in [4.78, 5) is 28.5. The van der Waals surface area contributed by atoms with Gasteiger partial charge in [0.2, 0.25) is 5.91 Å². The van der Waals surface area contributed by atoms with E-state index in [-0.39, 0.29) is 23.9 Å². The molecule has 118 valence electrons. The summed E-state index contributed by atoms with van der Waals surface area (Å²) in [5.41, 5.74) is 1.83. The van der Waals surface area contributed by atoms with Crippen molar-refractivity contribution in [2.75, 3.05) is 13.1 Å². The second-order valence-electron chi connectivity index (χ2n) is 6.28. The minimum Gasteiger partial charge on any atom is -0.339 e. The van der Waals surface area contributed by atoms with Crippen molar-refractivity contribution in [3.05, 3.63) is 59.9 Å². The van der Waals surface area contributed by atoms with Crippen LogP contribution in [0.2, 0.25) is 0 Å². The van der Waals surface area contributed by atoms with Gasteiger partial charge in [-0.3, -0.25) is 9.59 Å². The summed E-state index contributed by atoms with van der Waals surface area (Å²) in [5, 5.41) is 0. The third-order valence-electron chi connectivity index (χ3n) is 4.92. The fourth-order valence-electron chi connectivity index (χ4n) is 3.74. The quantitative estimate of drug-likeness (QED) is 0.851. The molecule has 0 spiro atoms. The molecule has 0 bridgehead atoms. The van der Waals surface area contributed by atoms with Crippen LogP contribution < -0.4 is 0 Å². The van der Waals surface area contributed by atoms with Crippen LogP contribution in [0.1, 0.15) is 29.0 Å². The van der Waals surface area contributed by atoms with E-state index in [2.05, 4.69) is 0 Å². The van der Waals surface area contributed by atoms with Gasteiger partial charge in [0.25, 0.3) is 5.91 Å². The van der Waals surface area contributed by atoms with Crippen LogP contribution in [0, 0.1) is 0 Å². The molecule has 3 heterocycles. The Kier molecular flexibility index (Phi) is 3.22. The van der Waals surface area contributed by atoms with Gasteiger partial charge in [-0.05, 0) is 17.7 Å². The van der Waals surface area contributed by atoms with Gasteiger partial charge in [0.1, 0.15) is 5.69 Å². The summed E-state index contributed by atoms with van der Waals surface area (Å²) in [5.74, 6) is 0.116. The summed E-state index contributed by atoms with van der Waals surface area (Å²) >= 11 is 0. The van der Waals surface area contributed by atoms with E-state index in [1.54, 1.807) is 6.92 Å². The Hall–Kier alpha value is -2.56. The summed E-state index contributed by atoms with van der Waals surface area (Å²) in [6.45, 7) is 3.45. The summed E-state index contributed by atoms with van der Waals surface area (Å²) in [6.07, 6.45) is 1.95. The molecule has 2 aromatic rings. The predicted octanol–water partition coefficient (Wildman–Crippen LogP) is 1.92. The van der Waals surface area contributed by atoms with E-state index in [0.717, 1.165) is 5.56 Å². The molecule has 2 amide bonds. The highest BCUT2D eigenvalue weighted by molar-refractivity contribution is 5.94. The van der Waals surface area contributed by atoms with Gasteiger partial charge < -0.3 is 14.4 Å². The van der Waals surface area contributed by atoms with Crippen LogP contribution in [0.15, 0.2) is 48.7 Å². The van der Waals surface area contributed by atoms with Crippen molar-refractivity contribution in [3.8, 4) is 0 Å². The van der Waals surface area contributed by atoms with Crippen LogP contribution in [-0.4, -0.2) is 45.3 Å². The summed E-state index contributed by atoms with van der Waals surface area (Å²) in [6, 6.07) is 14.0. The maximum atomic E-state index is 12.9. The molecule has 0 N–H and O–H groups in total. The molecule has 23 heavy (non-hydrogen) atoms. The number of nitrogens with zero attached hydrogens (tertiary/aromatic N) is 3. The highest BCUT2D eigenvalue weighted by Gasteiger charge is 2.45. The lowest BCUT2D eigenvalue weighted by molar-refractivity contribution is -0.128. The molecule has 5 nitrogen and oxygen atoms in total. The molecule has 2 aliphatic heterocycles. The molecule has 5 heteroatoms. The lowest BCUT2D eigenvalue weighted by Crippen LogP contribution is -2.49. The Labute approximate surface area is 135 Å². The molecule has 1 aromatic heterocycles. The van der Waals surface area contributed by atoms with Crippen molar-refractivity contribution < 1.29 is 9.59 Å². The van der Waals surface area contributed by atoms with Crippen LogP contribution >= 0.6 is 0 Å². The first-order valence-electron chi connectivity index (χ1n) is 7.92. The molecule has 4 rings (SSSR count). The smallest absolute Gasteiger partial charge is 0.271 e. The molecule has 2 aliphatic rings. The molecule has 0 aliphatic carbocycles. The summed E-state index contributed by atoms with van der Waals surface area (Å²) < 4.78 is 2.04. The van der Waals surface area contributed by atoms with E-state index < -0.39 is 0 Å². The Balaban J connectivity index is 1.71. The SMILES string of the molecule is CC(=O)N1C[C@@H]2[C@@H](C1)n1cccc1C(=O)N2Cc1ccccc1. The zero-order chi connectivity index (χ0) is 16.0. The van der Waals surface area contributed by atoms with Crippen molar-refractivity contribution in [1.82, 2.24) is 14.4 Å². The van der Waals surface area contributed by atoms with Crippen LogP contribution in [0.4, 0.5) is 0 Å². The van der Waals surface area contributed by atoms with Crippen molar-refractivity contribution in [2.24, 2.45) is 0 Å². The monoisotopic (exact) mass is 309 g/mol. The molecular formula is C18H19N3O2. The maximum absolute atomic E-state index is 12.9. The van der Waals surface area contributed by atoms with Gasteiger partial charge in [0.15, 0.2) is 0 Å². The number of aromatic nitrogens is 1. The standard InChI is InChI=1S/C18H19N3O2/c1-13(22)19-11-16-17(12-19)21(10-14-6-3-2-4-7-14)18(23)15-8-5-9-20(15)16/h2-9,16-17H,10-12H2,1H3/t16-,17-/m1/s1. The van der Waals surface area contributed by atoms with E-state index in [1.165, 1.54) is 0 Å². The van der Waals surface area contributed by atoms with E-state index in [1.807, 2.05) is 63.0 Å². The first kappa shape index (κ1) is 14.1. The largest absolute Gasteiger partial charge is 0.339 e. The zero-order valence-corrected chi connectivity index (χ0v) is 13.1. The zero-order valence-electron chi connectivity index (χ0n) is 13.1. The average molecular weight is 309 g/mol. The van der Waals surface area contributed by atoms with Crippen LogP contribution in [0.5, 0.6) is 0 Å². The third kappa shape index (κ3) is 2.23. The number of carbonyl (C=O) groups is 2. The summed E-state index contributed by atoms with van der Waals surface area (Å²) in [7, 11) is 0. The number of benzene rings is 1. The molecular weight excluding hydrogens is 290 g/mol. The van der Waals surface area contributed by atoms with Crippen molar-refractivity contribution in [3.63, 3.8) is 0 Å². The molecule has 0 saturated carbocycles. The number of likely N-dealkylation sites (tertiary alicyclic amines) is 1. The highest BCUT2D eigenvalue weighted by atomic mass is 16.2. The normalized spacial score (nSPS) is 22.9. The average Bonchev–Trinajstić information content (AvgIpc) is 3.19. The van der Waals surface area contributed by atoms with Gasteiger partial charge in [-0.25, -0.2) is 0 Å². The van der Waals surface area contributed by atoms with Gasteiger partial charge >= 0.3 is 0 Å². The number of amides is 2. The second kappa shape index (κ2) is 5.26. The van der Waals surface area contributed by atoms with Gasteiger partial charge in [0, 0.05) is 32.8 Å². The topological polar surface area (TPSA) is 45.6 Å². The van der Waals surface area contributed by atoms with E-state index in [0.29, 0.717) is 25.3 Å². The fraction of sp³-hybridized carbons (Fsp3) is 0.333. The minimum atomic E-state index is 0.0338. The third-order valence-corrected chi connectivity index (χ3v) is 4.92. The van der Waals surface area contributed by atoms with E-state index >= 15 is 0 Å². The van der Waals surface area contributed by atoms with Gasteiger partial charge in [-0.1, -0.05) is 30.3 Å². The van der Waals surface area contributed by atoms with Crippen molar-refractivity contribution >= 4 is 11.8 Å². The van der Waals surface area contributed by atoms with Crippen molar-refractivity contribution in [1.29, 1.82) is 0 Å². The van der Waals surface area contributed by atoms with Crippen LogP contribution in [0.3, 0.4) is 0 Å². The van der Waals surface area contributed by atoms with Gasteiger partial charge in [0.05, 0.1) is 12.1 Å². The maximum Gasteiger partial charge on any atom is 0.271 e. The highest BCUT2D eigenvalue weighted by Crippen LogP contribution is 2.34. The Morgan fingerprint density at radius 3 is 2.57 bits per heavy atom. The first-order chi connectivity index (χ1) is 11.1. The number of hydrogen-bond acceptors (Lipinski definition) is 2. The van der Waals surface area contributed by atoms with Gasteiger partial charge in [-0.2, -0.15) is 0 Å². The lowest BCUT2D eigenvalue weighted by atomic mass is 10.0. The first-order valence-corrected chi connectivity index (χ1v) is 7.92. The molecule has 1 saturated heterocycles. The second-order valence-corrected chi connectivity index (χ2v) is 6.28. The number of carbonyl (C=O) groups excluding carboxylic acids is 2. The molecule has 0 radical (unpaired) electrons. The van der Waals surface area contributed by atoms with Crippen LogP contribution in [-0.2, 0) is 11.3 Å². The molecule has 1 aromatic carbocycles. The molecule has 0 unspecified atom stereocenters. The van der Waals surface area contributed by atoms with Crippen molar-refractivity contribution in [2.45, 2.75) is 25.6 Å². The Morgan fingerprint density at radius 1 is 1.09 bits per heavy atom. The van der Waals surface area contributed by atoms with E-state index in [4.69, 9.17) is 0 Å². The molecule has 1 fully saturated rings. The van der Waals surface area contributed by atoms with E-state index in [9.17, 15) is 9.59 Å². The predicted molar refractivity (Wildman–Crippen MR) is 85.8 cm³/mol. The number of rotatable bonds is 2. The lowest BCUT2D eigenvalue weighted by Gasteiger charge is -2.38. The Morgan fingerprint density at radius 2 is 1.83 bits per heavy atom. The van der Waals surface area contributed by atoms with Gasteiger partial charge in [-0.15, -0.1) is 0 Å². The molecule has 2 atom stereocenters. The van der Waals surface area contributed by atoms with Crippen LogP contribution in [0.25, 0.3) is 0 Å². The number of hydrogen-bond donors (Lipinski definition) is 0. The fourth-order valence-corrected chi connectivity index (χ4v) is 3.74. The minimum absolute atomic E-state index is 0.0338. The number of fused-ring (bicyclic) bond motifs is 3. The Bertz CT molecular complexity index is 753.